The lowest BCUT2D eigenvalue weighted by Gasteiger charge is -2.12. The maximum absolute atomic E-state index is 13.1. The number of nitrogens with zero attached hydrogens (tertiary/aromatic N) is 4. The summed E-state index contributed by atoms with van der Waals surface area (Å²) in [5.41, 5.74) is 6.04. The standard InChI is InChI=1S/C24H23BrN4O/c1-5-23-27-21-11-10-19(25)13-20(21)24(30)29(23)26-14-18-12-16(3)28(17(18)4)22-9-7-6-8-15(22)2/h6-14H,5H2,1-4H3. The van der Waals surface area contributed by atoms with E-state index in [9.17, 15) is 4.79 Å². The molecule has 0 bridgehead atoms. The summed E-state index contributed by atoms with van der Waals surface area (Å²) in [4.78, 5) is 17.7. The summed E-state index contributed by atoms with van der Waals surface area (Å²) < 4.78 is 4.47. The minimum atomic E-state index is -0.165. The van der Waals surface area contributed by atoms with Gasteiger partial charge in [0.05, 0.1) is 17.1 Å². The predicted molar refractivity (Wildman–Crippen MR) is 126 cm³/mol. The Morgan fingerprint density at radius 1 is 1.10 bits per heavy atom. The molecule has 0 saturated carbocycles. The Balaban J connectivity index is 1.83. The topological polar surface area (TPSA) is 52.2 Å². The minimum Gasteiger partial charge on any atom is -0.318 e. The van der Waals surface area contributed by atoms with Crippen molar-refractivity contribution in [3.05, 3.63) is 91.7 Å². The number of para-hydroxylation sites is 1. The molecule has 4 rings (SSSR count). The lowest BCUT2D eigenvalue weighted by atomic mass is 10.2. The van der Waals surface area contributed by atoms with Crippen LogP contribution in [0.25, 0.3) is 16.6 Å². The molecule has 4 aromatic rings. The Morgan fingerprint density at radius 2 is 1.87 bits per heavy atom. The summed E-state index contributed by atoms with van der Waals surface area (Å²) in [6, 6.07) is 15.9. The number of benzene rings is 2. The summed E-state index contributed by atoms with van der Waals surface area (Å²) in [5.74, 6) is 0.638. The maximum atomic E-state index is 13.1. The molecule has 0 N–H and O–H groups in total. The molecule has 0 unspecified atom stereocenters. The molecule has 152 valence electrons. The van der Waals surface area contributed by atoms with Crippen LogP contribution in [0.1, 0.15) is 35.3 Å². The quantitative estimate of drug-likeness (QED) is 0.385. The molecule has 2 heterocycles. The van der Waals surface area contributed by atoms with Crippen LogP contribution in [-0.2, 0) is 6.42 Å². The molecule has 5 nitrogen and oxygen atoms in total. The van der Waals surface area contributed by atoms with Crippen molar-refractivity contribution in [3.8, 4) is 5.69 Å². The summed E-state index contributed by atoms with van der Waals surface area (Å²) >= 11 is 3.43. The molecule has 0 fully saturated rings. The number of aryl methyl sites for hydroxylation is 3. The first-order valence-electron chi connectivity index (χ1n) is 9.91. The van der Waals surface area contributed by atoms with Crippen LogP contribution in [0, 0.1) is 20.8 Å². The molecule has 0 aliphatic rings. The summed E-state index contributed by atoms with van der Waals surface area (Å²) in [5, 5.41) is 5.09. The van der Waals surface area contributed by atoms with Crippen LogP contribution in [0.3, 0.4) is 0 Å². The van der Waals surface area contributed by atoms with Crippen LogP contribution < -0.4 is 5.56 Å². The average Bonchev–Trinajstić information content (AvgIpc) is 3.01. The van der Waals surface area contributed by atoms with Crippen molar-refractivity contribution < 1.29 is 0 Å². The van der Waals surface area contributed by atoms with E-state index in [-0.39, 0.29) is 5.56 Å². The van der Waals surface area contributed by atoms with Gasteiger partial charge in [0.25, 0.3) is 5.56 Å². The van der Waals surface area contributed by atoms with Gasteiger partial charge in [-0.15, -0.1) is 0 Å². The molecule has 30 heavy (non-hydrogen) atoms. The van der Waals surface area contributed by atoms with E-state index in [1.165, 1.54) is 10.2 Å². The largest absolute Gasteiger partial charge is 0.318 e. The Kier molecular flexibility index (Phi) is 5.43. The Labute approximate surface area is 183 Å². The third-order valence-electron chi connectivity index (χ3n) is 5.33. The second kappa shape index (κ2) is 8.03. The van der Waals surface area contributed by atoms with Crippen molar-refractivity contribution in [3.63, 3.8) is 0 Å². The fourth-order valence-electron chi connectivity index (χ4n) is 3.77. The Morgan fingerprint density at radius 3 is 2.60 bits per heavy atom. The van der Waals surface area contributed by atoms with Crippen molar-refractivity contribution in [2.45, 2.75) is 34.1 Å². The molecule has 0 atom stereocenters. The van der Waals surface area contributed by atoms with E-state index in [0.717, 1.165) is 27.1 Å². The number of rotatable bonds is 4. The summed E-state index contributed by atoms with van der Waals surface area (Å²) in [7, 11) is 0. The van der Waals surface area contributed by atoms with Crippen LogP contribution in [0.15, 0.2) is 62.9 Å². The summed E-state index contributed by atoms with van der Waals surface area (Å²) in [6.45, 7) is 8.23. The predicted octanol–water partition coefficient (Wildman–Crippen LogP) is 5.32. The van der Waals surface area contributed by atoms with E-state index in [0.29, 0.717) is 23.1 Å². The fraction of sp³-hybridized carbons (Fsp3) is 0.208. The second-order valence-corrected chi connectivity index (χ2v) is 8.27. The number of halogens is 1. The summed E-state index contributed by atoms with van der Waals surface area (Å²) in [6.07, 6.45) is 2.37. The molecule has 0 saturated heterocycles. The van der Waals surface area contributed by atoms with E-state index in [1.54, 1.807) is 12.3 Å². The van der Waals surface area contributed by atoms with Crippen LogP contribution in [0.2, 0.25) is 0 Å². The molecular weight excluding hydrogens is 440 g/mol. The first-order valence-corrected chi connectivity index (χ1v) is 10.7. The molecule has 6 heteroatoms. The van der Waals surface area contributed by atoms with Gasteiger partial charge in [-0.25, -0.2) is 4.98 Å². The smallest absolute Gasteiger partial charge is 0.282 e. The van der Waals surface area contributed by atoms with Gasteiger partial charge in [0, 0.05) is 33.5 Å². The zero-order valence-corrected chi connectivity index (χ0v) is 19.1. The lowest BCUT2D eigenvalue weighted by molar-refractivity contribution is 0.734. The van der Waals surface area contributed by atoms with Crippen molar-refractivity contribution in [1.82, 2.24) is 14.2 Å². The fourth-order valence-corrected chi connectivity index (χ4v) is 4.13. The van der Waals surface area contributed by atoms with Gasteiger partial charge < -0.3 is 4.57 Å². The van der Waals surface area contributed by atoms with Crippen molar-refractivity contribution in [1.29, 1.82) is 0 Å². The molecular formula is C24H23BrN4O. The molecule has 2 aromatic carbocycles. The Bertz CT molecular complexity index is 1350. The number of fused-ring (bicyclic) bond motifs is 1. The van der Waals surface area contributed by atoms with Gasteiger partial charge in [-0.1, -0.05) is 41.1 Å². The van der Waals surface area contributed by atoms with Crippen molar-refractivity contribution >= 4 is 33.0 Å². The van der Waals surface area contributed by atoms with E-state index >= 15 is 0 Å². The highest BCUT2D eigenvalue weighted by atomic mass is 79.9. The minimum absolute atomic E-state index is 0.165. The van der Waals surface area contributed by atoms with Gasteiger partial charge in [0.2, 0.25) is 0 Å². The lowest BCUT2D eigenvalue weighted by Crippen LogP contribution is -2.22. The van der Waals surface area contributed by atoms with Crippen LogP contribution in [0.4, 0.5) is 0 Å². The van der Waals surface area contributed by atoms with Gasteiger partial charge in [0.15, 0.2) is 0 Å². The second-order valence-electron chi connectivity index (χ2n) is 7.35. The maximum Gasteiger partial charge on any atom is 0.282 e. The van der Waals surface area contributed by atoms with Gasteiger partial charge in [-0.3, -0.25) is 4.79 Å². The molecule has 0 radical (unpaired) electrons. The van der Waals surface area contributed by atoms with Gasteiger partial charge in [-0.2, -0.15) is 9.78 Å². The van der Waals surface area contributed by atoms with Gasteiger partial charge >= 0.3 is 0 Å². The molecule has 0 amide bonds. The zero-order valence-electron chi connectivity index (χ0n) is 17.5. The van der Waals surface area contributed by atoms with Crippen LogP contribution in [0.5, 0.6) is 0 Å². The highest BCUT2D eigenvalue weighted by Crippen LogP contribution is 2.22. The molecule has 0 spiro atoms. The Hall–Kier alpha value is -2.99. The molecule has 0 aliphatic heterocycles. The highest BCUT2D eigenvalue weighted by Gasteiger charge is 2.13. The number of hydrogen-bond donors (Lipinski definition) is 0. The molecule has 0 aliphatic carbocycles. The normalized spacial score (nSPS) is 11.6. The number of hydrogen-bond acceptors (Lipinski definition) is 3. The molecule has 2 aromatic heterocycles. The van der Waals surface area contributed by atoms with Gasteiger partial charge in [-0.05, 0) is 56.7 Å². The van der Waals surface area contributed by atoms with E-state index in [2.05, 4.69) is 69.6 Å². The van der Waals surface area contributed by atoms with E-state index in [1.807, 2.05) is 31.2 Å². The van der Waals surface area contributed by atoms with Crippen molar-refractivity contribution in [2.75, 3.05) is 0 Å². The van der Waals surface area contributed by atoms with Crippen LogP contribution >= 0.6 is 15.9 Å². The highest BCUT2D eigenvalue weighted by molar-refractivity contribution is 9.10. The first kappa shape index (κ1) is 20.3. The van der Waals surface area contributed by atoms with E-state index < -0.39 is 0 Å². The SMILES string of the molecule is CCc1nc2ccc(Br)cc2c(=O)n1N=Cc1cc(C)n(-c2ccccc2C)c1C. The van der Waals surface area contributed by atoms with Crippen LogP contribution in [-0.4, -0.2) is 20.4 Å². The third kappa shape index (κ3) is 3.52. The average molecular weight is 463 g/mol. The van der Waals surface area contributed by atoms with Gasteiger partial charge in [0.1, 0.15) is 5.82 Å². The zero-order chi connectivity index (χ0) is 21.4. The number of aromatic nitrogens is 3. The monoisotopic (exact) mass is 462 g/mol. The third-order valence-corrected chi connectivity index (χ3v) is 5.82. The van der Waals surface area contributed by atoms with Crippen molar-refractivity contribution in [2.24, 2.45) is 5.10 Å². The first-order chi connectivity index (χ1) is 14.4. The van der Waals surface area contributed by atoms with E-state index in [4.69, 9.17) is 0 Å².